The molecule has 168 valence electrons. The predicted octanol–water partition coefficient (Wildman–Crippen LogP) is 5.34. The molecule has 4 aromatic rings. The highest BCUT2D eigenvalue weighted by Crippen LogP contribution is 2.30. The monoisotopic (exact) mass is 466 g/mol. The normalized spacial score (nSPS) is 10.8. The van der Waals surface area contributed by atoms with Crippen molar-refractivity contribution in [3.8, 4) is 22.8 Å². The van der Waals surface area contributed by atoms with Crippen molar-refractivity contribution in [1.82, 2.24) is 14.8 Å². The van der Waals surface area contributed by atoms with Crippen LogP contribution in [0.1, 0.15) is 6.92 Å². The molecule has 0 fully saturated rings. The molecular formula is C24H20F2N4O2S. The summed E-state index contributed by atoms with van der Waals surface area (Å²) in [5, 5.41) is 11.3. The third-order valence-electron chi connectivity index (χ3n) is 4.63. The molecule has 4 rings (SSSR count). The molecule has 0 spiro atoms. The number of ether oxygens (including phenoxy) is 1. The maximum absolute atomic E-state index is 14.7. The van der Waals surface area contributed by atoms with E-state index >= 15 is 0 Å². The summed E-state index contributed by atoms with van der Waals surface area (Å²) < 4.78 is 35.6. The molecule has 33 heavy (non-hydrogen) atoms. The summed E-state index contributed by atoms with van der Waals surface area (Å²) in [6.45, 7) is 2.44. The van der Waals surface area contributed by atoms with Gasteiger partial charge in [-0.25, -0.2) is 8.78 Å². The summed E-state index contributed by atoms with van der Waals surface area (Å²) in [6, 6.07) is 19.4. The molecule has 1 N–H and O–H groups in total. The average molecular weight is 467 g/mol. The van der Waals surface area contributed by atoms with Gasteiger partial charge in [0.25, 0.3) is 0 Å². The lowest BCUT2D eigenvalue weighted by molar-refractivity contribution is -0.113. The van der Waals surface area contributed by atoms with Crippen LogP contribution in [0.3, 0.4) is 0 Å². The number of anilines is 1. The van der Waals surface area contributed by atoms with Gasteiger partial charge >= 0.3 is 0 Å². The van der Waals surface area contributed by atoms with Crippen molar-refractivity contribution in [2.24, 2.45) is 0 Å². The summed E-state index contributed by atoms with van der Waals surface area (Å²) in [5.74, 6) is -0.344. The number of carbonyl (C=O) groups is 1. The van der Waals surface area contributed by atoms with E-state index in [1.165, 1.54) is 18.2 Å². The number of hydrogen-bond donors (Lipinski definition) is 1. The van der Waals surface area contributed by atoms with E-state index in [1.54, 1.807) is 47.0 Å². The second kappa shape index (κ2) is 10.3. The van der Waals surface area contributed by atoms with Crippen LogP contribution >= 0.6 is 11.8 Å². The minimum Gasteiger partial charge on any atom is -0.494 e. The largest absolute Gasteiger partial charge is 0.494 e. The summed E-state index contributed by atoms with van der Waals surface area (Å²) in [4.78, 5) is 12.4. The second-order valence-corrected chi connectivity index (χ2v) is 7.81. The first kappa shape index (κ1) is 22.5. The van der Waals surface area contributed by atoms with Gasteiger partial charge in [-0.15, -0.1) is 10.2 Å². The first-order valence-corrected chi connectivity index (χ1v) is 11.2. The van der Waals surface area contributed by atoms with E-state index in [0.29, 0.717) is 28.9 Å². The van der Waals surface area contributed by atoms with Gasteiger partial charge in [-0.3, -0.25) is 9.36 Å². The Bertz CT molecular complexity index is 1260. The average Bonchev–Trinajstić information content (AvgIpc) is 3.24. The van der Waals surface area contributed by atoms with Crippen molar-refractivity contribution >= 4 is 23.4 Å². The number of amides is 1. The van der Waals surface area contributed by atoms with Crippen LogP contribution in [0.5, 0.6) is 5.75 Å². The van der Waals surface area contributed by atoms with Crippen LogP contribution < -0.4 is 10.1 Å². The van der Waals surface area contributed by atoms with Crippen LogP contribution in [0.2, 0.25) is 0 Å². The van der Waals surface area contributed by atoms with Crippen molar-refractivity contribution in [2.45, 2.75) is 12.1 Å². The van der Waals surface area contributed by atoms with Gasteiger partial charge in [-0.1, -0.05) is 36.0 Å². The van der Waals surface area contributed by atoms with Crippen LogP contribution in [0, 0.1) is 11.6 Å². The van der Waals surface area contributed by atoms with E-state index in [-0.39, 0.29) is 17.1 Å². The van der Waals surface area contributed by atoms with E-state index in [1.807, 2.05) is 19.1 Å². The number of nitrogens with zero attached hydrogens (tertiary/aromatic N) is 3. The third kappa shape index (κ3) is 5.20. The van der Waals surface area contributed by atoms with Gasteiger partial charge in [-0.2, -0.15) is 0 Å². The zero-order valence-corrected chi connectivity index (χ0v) is 18.5. The van der Waals surface area contributed by atoms with E-state index in [4.69, 9.17) is 4.74 Å². The lowest BCUT2D eigenvalue weighted by atomic mass is 10.2. The maximum atomic E-state index is 14.7. The molecule has 1 heterocycles. The summed E-state index contributed by atoms with van der Waals surface area (Å²) in [5.41, 5.74) is 1.05. The van der Waals surface area contributed by atoms with Crippen molar-refractivity contribution in [3.63, 3.8) is 0 Å². The number of thioether (sulfide) groups is 1. The van der Waals surface area contributed by atoms with Crippen molar-refractivity contribution in [2.75, 3.05) is 17.7 Å². The molecule has 0 bridgehead atoms. The first-order valence-electron chi connectivity index (χ1n) is 10.2. The van der Waals surface area contributed by atoms with Crippen molar-refractivity contribution in [1.29, 1.82) is 0 Å². The lowest BCUT2D eigenvalue weighted by Crippen LogP contribution is -2.15. The fourth-order valence-corrected chi connectivity index (χ4v) is 3.89. The van der Waals surface area contributed by atoms with Crippen LogP contribution in [-0.2, 0) is 4.79 Å². The summed E-state index contributed by atoms with van der Waals surface area (Å²) in [7, 11) is 0. The summed E-state index contributed by atoms with van der Waals surface area (Å²) >= 11 is 1.07. The summed E-state index contributed by atoms with van der Waals surface area (Å²) in [6.07, 6.45) is 0. The molecular weight excluding hydrogens is 446 g/mol. The Hall–Kier alpha value is -3.72. The SMILES string of the molecule is CCOc1ccc(-c2nnc(SCC(=O)Nc3ccccc3F)n2-c2ccccc2F)cc1. The van der Waals surface area contributed by atoms with E-state index < -0.39 is 17.5 Å². The highest BCUT2D eigenvalue weighted by Gasteiger charge is 2.20. The fraction of sp³-hybridized carbons (Fsp3) is 0.125. The highest BCUT2D eigenvalue weighted by atomic mass is 32.2. The van der Waals surface area contributed by atoms with Crippen LogP contribution in [0.25, 0.3) is 17.1 Å². The topological polar surface area (TPSA) is 69.0 Å². The van der Waals surface area contributed by atoms with Gasteiger partial charge < -0.3 is 10.1 Å². The van der Waals surface area contributed by atoms with Gasteiger partial charge in [0.15, 0.2) is 11.0 Å². The van der Waals surface area contributed by atoms with Crippen molar-refractivity contribution in [3.05, 3.63) is 84.4 Å². The Kier molecular flexibility index (Phi) is 6.99. The number of carbonyl (C=O) groups excluding carboxylic acids is 1. The molecule has 0 saturated heterocycles. The van der Waals surface area contributed by atoms with E-state index in [0.717, 1.165) is 11.8 Å². The van der Waals surface area contributed by atoms with Crippen LogP contribution in [0.4, 0.5) is 14.5 Å². The van der Waals surface area contributed by atoms with Gasteiger partial charge in [0.05, 0.1) is 23.7 Å². The molecule has 9 heteroatoms. The lowest BCUT2D eigenvalue weighted by Gasteiger charge is -2.12. The molecule has 0 radical (unpaired) electrons. The van der Waals surface area contributed by atoms with E-state index in [2.05, 4.69) is 15.5 Å². The second-order valence-electron chi connectivity index (χ2n) is 6.87. The smallest absolute Gasteiger partial charge is 0.234 e. The van der Waals surface area contributed by atoms with E-state index in [9.17, 15) is 13.6 Å². The van der Waals surface area contributed by atoms with Gasteiger partial charge in [0.2, 0.25) is 5.91 Å². The minimum atomic E-state index is -0.525. The molecule has 0 saturated carbocycles. The first-order chi connectivity index (χ1) is 16.1. The molecule has 0 aliphatic rings. The Morgan fingerprint density at radius 3 is 2.36 bits per heavy atom. The molecule has 0 aliphatic carbocycles. The predicted molar refractivity (Wildman–Crippen MR) is 124 cm³/mol. The minimum absolute atomic E-state index is 0.0653. The molecule has 1 aromatic heterocycles. The number of rotatable bonds is 8. The number of benzene rings is 3. The quantitative estimate of drug-likeness (QED) is 0.355. The number of halogens is 2. The van der Waals surface area contributed by atoms with Crippen molar-refractivity contribution < 1.29 is 18.3 Å². The molecule has 3 aromatic carbocycles. The molecule has 1 amide bonds. The molecule has 6 nitrogen and oxygen atoms in total. The number of hydrogen-bond acceptors (Lipinski definition) is 5. The third-order valence-corrected chi connectivity index (χ3v) is 5.56. The van der Waals surface area contributed by atoms with Crippen LogP contribution in [0.15, 0.2) is 78.0 Å². The Morgan fingerprint density at radius 2 is 1.67 bits per heavy atom. The van der Waals surface area contributed by atoms with Crippen LogP contribution in [-0.4, -0.2) is 33.0 Å². The highest BCUT2D eigenvalue weighted by molar-refractivity contribution is 7.99. The number of nitrogens with one attached hydrogen (secondary N) is 1. The Labute approximate surface area is 193 Å². The molecule has 0 atom stereocenters. The maximum Gasteiger partial charge on any atom is 0.234 e. The van der Waals surface area contributed by atoms with Gasteiger partial charge in [0.1, 0.15) is 17.4 Å². The Balaban J connectivity index is 1.62. The zero-order chi connectivity index (χ0) is 23.2. The zero-order valence-electron chi connectivity index (χ0n) is 17.7. The fourth-order valence-electron chi connectivity index (χ4n) is 3.15. The number of aromatic nitrogens is 3. The molecule has 0 aliphatic heterocycles. The Morgan fingerprint density at radius 1 is 0.970 bits per heavy atom. The molecule has 0 unspecified atom stereocenters. The standard InChI is InChI=1S/C24H20F2N4O2S/c1-2-32-17-13-11-16(12-14-17)23-28-29-24(30(23)21-10-6-4-8-19(21)26)33-15-22(31)27-20-9-5-3-7-18(20)25/h3-14H,2,15H2,1H3,(H,27,31). The van der Waals surface area contributed by atoms with Gasteiger partial charge in [-0.05, 0) is 55.5 Å². The van der Waals surface area contributed by atoms with Gasteiger partial charge in [0, 0.05) is 5.56 Å². The number of para-hydroxylation sites is 2.